The van der Waals surface area contributed by atoms with Crippen LogP contribution in [0, 0.1) is 6.92 Å². The van der Waals surface area contributed by atoms with Crippen LogP contribution >= 0.6 is 15.9 Å². The third-order valence-electron chi connectivity index (χ3n) is 2.54. The van der Waals surface area contributed by atoms with E-state index in [1.165, 1.54) is 6.20 Å². The number of rotatable bonds is 3. The number of aryl methyl sites for hydroxylation is 1. The maximum absolute atomic E-state index is 12.0. The van der Waals surface area contributed by atoms with Crippen LogP contribution in [-0.2, 0) is 0 Å². The Morgan fingerprint density at radius 3 is 2.79 bits per heavy atom. The SMILES string of the molecule is CNc1cncc(C(=O)Nc2ccc(Br)c(C)c2)n1. The lowest BCUT2D eigenvalue weighted by Crippen LogP contribution is -2.14. The van der Waals surface area contributed by atoms with Crippen LogP contribution in [0.3, 0.4) is 0 Å². The predicted octanol–water partition coefficient (Wildman–Crippen LogP) is 2.84. The molecule has 0 fully saturated rings. The molecule has 0 aliphatic heterocycles. The molecule has 0 bridgehead atoms. The first-order chi connectivity index (χ1) is 9.10. The first-order valence-electron chi connectivity index (χ1n) is 5.67. The molecule has 0 unspecified atom stereocenters. The third kappa shape index (κ3) is 3.29. The van der Waals surface area contributed by atoms with Crippen molar-refractivity contribution in [3.05, 3.63) is 46.3 Å². The van der Waals surface area contributed by atoms with Gasteiger partial charge in [0.25, 0.3) is 5.91 Å². The molecule has 0 aliphatic rings. The molecule has 5 nitrogen and oxygen atoms in total. The van der Waals surface area contributed by atoms with Gasteiger partial charge in [-0.2, -0.15) is 0 Å². The van der Waals surface area contributed by atoms with Gasteiger partial charge in [-0.3, -0.25) is 9.78 Å². The molecule has 2 rings (SSSR count). The number of carbonyl (C=O) groups is 1. The minimum absolute atomic E-state index is 0.271. The Morgan fingerprint density at radius 2 is 2.11 bits per heavy atom. The highest BCUT2D eigenvalue weighted by Crippen LogP contribution is 2.20. The Morgan fingerprint density at radius 1 is 1.32 bits per heavy atom. The fraction of sp³-hybridized carbons (Fsp3) is 0.154. The largest absolute Gasteiger partial charge is 0.372 e. The minimum Gasteiger partial charge on any atom is -0.372 e. The summed E-state index contributed by atoms with van der Waals surface area (Å²) < 4.78 is 1.00. The highest BCUT2D eigenvalue weighted by Gasteiger charge is 2.09. The number of amides is 1. The van der Waals surface area contributed by atoms with Gasteiger partial charge in [-0.15, -0.1) is 0 Å². The number of benzene rings is 1. The van der Waals surface area contributed by atoms with Gasteiger partial charge in [0.05, 0.1) is 12.4 Å². The first-order valence-corrected chi connectivity index (χ1v) is 6.47. The summed E-state index contributed by atoms with van der Waals surface area (Å²) in [5.41, 5.74) is 2.04. The lowest BCUT2D eigenvalue weighted by atomic mass is 10.2. The molecule has 19 heavy (non-hydrogen) atoms. The van der Waals surface area contributed by atoms with Crippen molar-refractivity contribution < 1.29 is 4.79 Å². The zero-order valence-electron chi connectivity index (χ0n) is 10.6. The average Bonchev–Trinajstić information content (AvgIpc) is 2.43. The summed E-state index contributed by atoms with van der Waals surface area (Å²) in [6, 6.07) is 5.60. The highest BCUT2D eigenvalue weighted by atomic mass is 79.9. The molecule has 1 aromatic carbocycles. The molecule has 6 heteroatoms. The van der Waals surface area contributed by atoms with Crippen molar-refractivity contribution in [1.82, 2.24) is 9.97 Å². The van der Waals surface area contributed by atoms with Gasteiger partial charge >= 0.3 is 0 Å². The fourth-order valence-corrected chi connectivity index (χ4v) is 1.76. The molecule has 0 spiro atoms. The van der Waals surface area contributed by atoms with E-state index in [-0.39, 0.29) is 11.6 Å². The Hall–Kier alpha value is -1.95. The van der Waals surface area contributed by atoms with Gasteiger partial charge in [-0.05, 0) is 30.7 Å². The molecule has 98 valence electrons. The van der Waals surface area contributed by atoms with Crippen molar-refractivity contribution in [3.63, 3.8) is 0 Å². The van der Waals surface area contributed by atoms with Crippen molar-refractivity contribution in [1.29, 1.82) is 0 Å². The number of aromatic nitrogens is 2. The third-order valence-corrected chi connectivity index (χ3v) is 3.43. The maximum Gasteiger partial charge on any atom is 0.275 e. The summed E-state index contributed by atoms with van der Waals surface area (Å²) in [7, 11) is 1.73. The summed E-state index contributed by atoms with van der Waals surface area (Å²) >= 11 is 3.42. The molecule has 1 heterocycles. The number of carbonyl (C=O) groups excluding carboxylic acids is 1. The predicted molar refractivity (Wildman–Crippen MR) is 78.4 cm³/mol. The molecular weight excluding hydrogens is 308 g/mol. The fourth-order valence-electron chi connectivity index (χ4n) is 1.51. The second kappa shape index (κ2) is 5.79. The minimum atomic E-state index is -0.286. The molecule has 0 aliphatic carbocycles. The molecule has 0 atom stereocenters. The zero-order chi connectivity index (χ0) is 13.8. The molecule has 0 saturated carbocycles. The summed E-state index contributed by atoms with van der Waals surface area (Å²) in [6.07, 6.45) is 2.99. The van der Waals surface area contributed by atoms with Gasteiger partial charge in [0.15, 0.2) is 0 Å². The smallest absolute Gasteiger partial charge is 0.275 e. The van der Waals surface area contributed by atoms with Crippen LogP contribution in [0.4, 0.5) is 11.5 Å². The Balaban J connectivity index is 2.18. The van der Waals surface area contributed by atoms with Gasteiger partial charge in [0.1, 0.15) is 11.5 Å². The lowest BCUT2D eigenvalue weighted by molar-refractivity contribution is 0.102. The number of nitrogens with one attached hydrogen (secondary N) is 2. The number of hydrogen-bond acceptors (Lipinski definition) is 4. The second-order valence-electron chi connectivity index (χ2n) is 3.96. The van der Waals surface area contributed by atoms with E-state index in [1.54, 1.807) is 13.2 Å². The zero-order valence-corrected chi connectivity index (χ0v) is 12.2. The summed E-state index contributed by atoms with van der Waals surface area (Å²) in [6.45, 7) is 1.96. The van der Waals surface area contributed by atoms with Crippen molar-refractivity contribution in [2.24, 2.45) is 0 Å². The Bertz CT molecular complexity index is 615. The van der Waals surface area contributed by atoms with Gasteiger partial charge in [0, 0.05) is 17.2 Å². The van der Waals surface area contributed by atoms with Crippen LogP contribution < -0.4 is 10.6 Å². The Labute approximate surface area is 119 Å². The molecule has 2 N–H and O–H groups in total. The monoisotopic (exact) mass is 320 g/mol. The molecule has 0 saturated heterocycles. The number of halogens is 1. The van der Waals surface area contributed by atoms with Crippen LogP contribution in [0.15, 0.2) is 35.1 Å². The van der Waals surface area contributed by atoms with Crippen molar-refractivity contribution in [3.8, 4) is 0 Å². The van der Waals surface area contributed by atoms with Gasteiger partial charge in [-0.25, -0.2) is 4.98 Å². The van der Waals surface area contributed by atoms with E-state index in [1.807, 2.05) is 25.1 Å². The lowest BCUT2D eigenvalue weighted by Gasteiger charge is -2.07. The number of hydrogen-bond donors (Lipinski definition) is 2. The van der Waals surface area contributed by atoms with E-state index in [4.69, 9.17) is 0 Å². The van der Waals surface area contributed by atoms with E-state index in [2.05, 4.69) is 36.5 Å². The van der Waals surface area contributed by atoms with Gasteiger partial charge in [-0.1, -0.05) is 15.9 Å². The van der Waals surface area contributed by atoms with E-state index >= 15 is 0 Å². The standard InChI is InChI=1S/C13H13BrN4O/c1-8-5-9(3-4-10(8)14)17-13(19)11-6-16-7-12(15-2)18-11/h3-7H,1-2H3,(H,15,18)(H,17,19). The topological polar surface area (TPSA) is 66.9 Å². The van der Waals surface area contributed by atoms with Crippen molar-refractivity contribution in [2.45, 2.75) is 6.92 Å². The van der Waals surface area contributed by atoms with Crippen LogP contribution in [0.2, 0.25) is 0 Å². The molecule has 1 aromatic heterocycles. The average molecular weight is 321 g/mol. The van der Waals surface area contributed by atoms with Gasteiger partial charge < -0.3 is 10.6 Å². The van der Waals surface area contributed by atoms with E-state index in [0.717, 1.165) is 15.7 Å². The van der Waals surface area contributed by atoms with E-state index in [9.17, 15) is 4.79 Å². The normalized spacial score (nSPS) is 10.1. The van der Waals surface area contributed by atoms with Crippen molar-refractivity contribution >= 4 is 33.3 Å². The molecule has 1 amide bonds. The highest BCUT2D eigenvalue weighted by molar-refractivity contribution is 9.10. The van der Waals surface area contributed by atoms with E-state index in [0.29, 0.717) is 5.82 Å². The number of nitrogens with zero attached hydrogens (tertiary/aromatic N) is 2. The van der Waals surface area contributed by atoms with Crippen LogP contribution in [0.1, 0.15) is 16.1 Å². The molecule has 2 aromatic rings. The number of anilines is 2. The summed E-state index contributed by atoms with van der Waals surface area (Å²) in [4.78, 5) is 20.1. The van der Waals surface area contributed by atoms with Crippen LogP contribution in [-0.4, -0.2) is 22.9 Å². The quantitative estimate of drug-likeness (QED) is 0.912. The first kappa shape index (κ1) is 13.5. The van der Waals surface area contributed by atoms with Crippen molar-refractivity contribution in [2.75, 3.05) is 17.7 Å². The van der Waals surface area contributed by atoms with E-state index < -0.39 is 0 Å². The molecular formula is C13H13BrN4O. The maximum atomic E-state index is 12.0. The van der Waals surface area contributed by atoms with Gasteiger partial charge in [0.2, 0.25) is 0 Å². The summed E-state index contributed by atoms with van der Waals surface area (Å²) in [5, 5.41) is 5.63. The van der Waals surface area contributed by atoms with Crippen LogP contribution in [0.25, 0.3) is 0 Å². The molecule has 0 radical (unpaired) electrons. The van der Waals surface area contributed by atoms with Crippen LogP contribution in [0.5, 0.6) is 0 Å². The summed E-state index contributed by atoms with van der Waals surface area (Å²) in [5.74, 6) is 0.269. The Kier molecular flexibility index (Phi) is 4.11. The second-order valence-corrected chi connectivity index (χ2v) is 4.81.